The minimum atomic E-state index is -1.44. The lowest BCUT2D eigenvalue weighted by atomic mass is 10.0. The van der Waals surface area contributed by atoms with E-state index < -0.39 is 17.4 Å². The van der Waals surface area contributed by atoms with Crippen LogP contribution in [-0.4, -0.2) is 36.2 Å². The average Bonchev–Trinajstić information content (AvgIpc) is 2.29. The van der Waals surface area contributed by atoms with E-state index in [2.05, 4.69) is 27.9 Å². The first kappa shape index (κ1) is 14.9. The van der Waals surface area contributed by atoms with Crippen molar-refractivity contribution in [3.63, 3.8) is 0 Å². The molecule has 1 aromatic carbocycles. The van der Waals surface area contributed by atoms with E-state index in [4.69, 9.17) is 9.84 Å². The van der Waals surface area contributed by atoms with Crippen molar-refractivity contribution in [2.24, 2.45) is 0 Å². The number of amides is 1. The van der Waals surface area contributed by atoms with Gasteiger partial charge in [-0.15, -0.1) is 0 Å². The number of nitrogens with one attached hydrogen (secondary N) is 1. The minimum Gasteiger partial charge on any atom is -0.479 e. The zero-order valence-corrected chi connectivity index (χ0v) is 12.2. The Hall–Kier alpha value is -1.15. The minimum absolute atomic E-state index is 0.0988. The topological polar surface area (TPSA) is 75.6 Å². The van der Waals surface area contributed by atoms with Crippen LogP contribution in [0.5, 0.6) is 0 Å². The standard InChI is InChI=1S/C12H14INO4/c1-12(7-18-2,11(16)17)14-10(15)8-3-5-9(13)6-4-8/h3-6H,7H2,1-2H3,(H,14,15)(H,16,17). The van der Waals surface area contributed by atoms with E-state index in [1.54, 1.807) is 24.3 Å². The fourth-order valence-electron chi connectivity index (χ4n) is 1.36. The van der Waals surface area contributed by atoms with Gasteiger partial charge in [-0.3, -0.25) is 4.79 Å². The SMILES string of the molecule is COCC(C)(NC(=O)c1ccc(I)cc1)C(=O)O. The van der Waals surface area contributed by atoms with Crippen molar-refractivity contribution in [1.29, 1.82) is 0 Å². The molecule has 0 bridgehead atoms. The Morgan fingerprint density at radius 3 is 2.39 bits per heavy atom. The third-order valence-electron chi connectivity index (χ3n) is 2.40. The van der Waals surface area contributed by atoms with Crippen molar-refractivity contribution >= 4 is 34.5 Å². The molecule has 5 nitrogen and oxygen atoms in total. The van der Waals surface area contributed by atoms with Gasteiger partial charge < -0.3 is 15.2 Å². The van der Waals surface area contributed by atoms with Crippen LogP contribution < -0.4 is 5.32 Å². The summed E-state index contributed by atoms with van der Waals surface area (Å²) in [6, 6.07) is 6.85. The highest BCUT2D eigenvalue weighted by Gasteiger charge is 2.35. The number of benzene rings is 1. The van der Waals surface area contributed by atoms with Gasteiger partial charge in [-0.05, 0) is 53.8 Å². The maximum Gasteiger partial charge on any atom is 0.331 e. The van der Waals surface area contributed by atoms with Gasteiger partial charge in [0.15, 0.2) is 5.54 Å². The van der Waals surface area contributed by atoms with Crippen molar-refractivity contribution in [2.45, 2.75) is 12.5 Å². The number of carboxylic acid groups (broad SMARTS) is 1. The molecular formula is C12H14INO4. The van der Waals surface area contributed by atoms with Gasteiger partial charge in [0, 0.05) is 16.2 Å². The van der Waals surface area contributed by atoms with Gasteiger partial charge in [-0.25, -0.2) is 4.79 Å². The largest absolute Gasteiger partial charge is 0.479 e. The summed E-state index contributed by atoms with van der Waals surface area (Å²) in [6.45, 7) is 1.31. The number of carbonyl (C=O) groups is 2. The van der Waals surface area contributed by atoms with Crippen LogP contribution in [-0.2, 0) is 9.53 Å². The van der Waals surface area contributed by atoms with E-state index in [0.29, 0.717) is 5.56 Å². The molecule has 0 heterocycles. The number of carboxylic acids is 1. The third-order valence-corrected chi connectivity index (χ3v) is 3.12. The maximum atomic E-state index is 11.9. The van der Waals surface area contributed by atoms with Gasteiger partial charge in [-0.2, -0.15) is 0 Å². The molecule has 1 atom stereocenters. The highest BCUT2D eigenvalue weighted by atomic mass is 127. The van der Waals surface area contributed by atoms with E-state index >= 15 is 0 Å². The van der Waals surface area contributed by atoms with Crippen molar-refractivity contribution < 1.29 is 19.4 Å². The summed E-state index contributed by atoms with van der Waals surface area (Å²) in [7, 11) is 1.39. The lowest BCUT2D eigenvalue weighted by Gasteiger charge is -2.25. The Balaban J connectivity index is 2.85. The van der Waals surface area contributed by atoms with E-state index in [1.807, 2.05) is 0 Å². The Kier molecular flexibility index (Phi) is 5.09. The molecule has 0 saturated heterocycles. The number of aliphatic carboxylic acids is 1. The van der Waals surface area contributed by atoms with Gasteiger partial charge in [-0.1, -0.05) is 0 Å². The average molecular weight is 363 g/mol. The molecule has 18 heavy (non-hydrogen) atoms. The fourth-order valence-corrected chi connectivity index (χ4v) is 1.72. The van der Waals surface area contributed by atoms with Crippen LogP contribution >= 0.6 is 22.6 Å². The molecule has 1 unspecified atom stereocenters. The van der Waals surface area contributed by atoms with Gasteiger partial charge in [0.1, 0.15) is 0 Å². The van der Waals surface area contributed by atoms with Crippen LogP contribution in [0.15, 0.2) is 24.3 Å². The summed E-state index contributed by atoms with van der Waals surface area (Å²) in [6.07, 6.45) is 0. The predicted molar refractivity (Wildman–Crippen MR) is 74.5 cm³/mol. The number of carbonyl (C=O) groups excluding carboxylic acids is 1. The second-order valence-electron chi connectivity index (χ2n) is 4.03. The number of ether oxygens (including phenoxy) is 1. The van der Waals surface area contributed by atoms with Crippen molar-refractivity contribution in [3.8, 4) is 0 Å². The molecule has 1 rings (SSSR count). The van der Waals surface area contributed by atoms with Crippen LogP contribution in [0.4, 0.5) is 0 Å². The maximum absolute atomic E-state index is 11.9. The zero-order valence-electron chi connectivity index (χ0n) is 10.1. The number of hydrogen-bond acceptors (Lipinski definition) is 3. The molecule has 0 saturated carbocycles. The quantitative estimate of drug-likeness (QED) is 0.778. The van der Waals surface area contributed by atoms with Crippen molar-refractivity contribution in [1.82, 2.24) is 5.32 Å². The van der Waals surface area contributed by atoms with E-state index in [1.165, 1.54) is 14.0 Å². The molecular weight excluding hydrogens is 349 g/mol. The second kappa shape index (κ2) is 6.14. The van der Waals surface area contributed by atoms with Gasteiger partial charge in [0.2, 0.25) is 0 Å². The van der Waals surface area contributed by atoms with Gasteiger partial charge >= 0.3 is 5.97 Å². The fraction of sp³-hybridized carbons (Fsp3) is 0.333. The molecule has 0 aliphatic rings. The van der Waals surface area contributed by atoms with Crippen LogP contribution in [0.2, 0.25) is 0 Å². The van der Waals surface area contributed by atoms with Crippen LogP contribution in [0.3, 0.4) is 0 Å². The lowest BCUT2D eigenvalue weighted by molar-refractivity contribution is -0.145. The molecule has 2 N–H and O–H groups in total. The first-order valence-electron chi connectivity index (χ1n) is 5.19. The summed E-state index contributed by atoms with van der Waals surface area (Å²) >= 11 is 2.13. The Labute approximate surface area is 119 Å². The van der Waals surface area contributed by atoms with Crippen LogP contribution in [0, 0.1) is 3.57 Å². The summed E-state index contributed by atoms with van der Waals surface area (Å²) in [5.41, 5.74) is -1.02. The number of halogens is 1. The number of hydrogen-bond donors (Lipinski definition) is 2. The van der Waals surface area contributed by atoms with E-state index in [9.17, 15) is 9.59 Å². The lowest BCUT2D eigenvalue weighted by Crippen LogP contribution is -2.55. The molecule has 1 amide bonds. The second-order valence-corrected chi connectivity index (χ2v) is 5.28. The molecule has 1 aromatic rings. The van der Waals surface area contributed by atoms with Crippen molar-refractivity contribution in [2.75, 3.05) is 13.7 Å². The predicted octanol–water partition coefficient (Wildman–Crippen LogP) is 1.51. The normalized spacial score (nSPS) is 13.7. The van der Waals surface area contributed by atoms with Gasteiger partial charge in [0.25, 0.3) is 5.91 Å². The first-order chi connectivity index (χ1) is 8.39. The monoisotopic (exact) mass is 363 g/mol. The Bertz CT molecular complexity index is 446. The number of rotatable bonds is 5. The molecule has 0 aromatic heterocycles. The Morgan fingerprint density at radius 2 is 1.94 bits per heavy atom. The van der Waals surface area contributed by atoms with E-state index in [0.717, 1.165) is 3.57 Å². The smallest absolute Gasteiger partial charge is 0.331 e. The van der Waals surface area contributed by atoms with Crippen LogP contribution in [0.25, 0.3) is 0 Å². The van der Waals surface area contributed by atoms with Crippen molar-refractivity contribution in [3.05, 3.63) is 33.4 Å². The molecule has 0 fully saturated rings. The summed E-state index contributed by atoms with van der Waals surface area (Å²) in [5.74, 6) is -1.57. The third kappa shape index (κ3) is 3.67. The van der Waals surface area contributed by atoms with E-state index in [-0.39, 0.29) is 6.61 Å². The first-order valence-corrected chi connectivity index (χ1v) is 6.27. The summed E-state index contributed by atoms with van der Waals surface area (Å²) in [4.78, 5) is 23.1. The summed E-state index contributed by atoms with van der Waals surface area (Å²) in [5, 5.41) is 11.6. The highest BCUT2D eigenvalue weighted by molar-refractivity contribution is 14.1. The van der Waals surface area contributed by atoms with Gasteiger partial charge in [0.05, 0.1) is 6.61 Å². The highest BCUT2D eigenvalue weighted by Crippen LogP contribution is 2.10. The molecule has 6 heteroatoms. The van der Waals surface area contributed by atoms with Crippen LogP contribution in [0.1, 0.15) is 17.3 Å². The molecule has 0 aliphatic carbocycles. The number of methoxy groups -OCH3 is 1. The molecule has 98 valence electrons. The molecule has 0 aliphatic heterocycles. The Morgan fingerprint density at radius 1 is 1.39 bits per heavy atom. The molecule has 0 spiro atoms. The summed E-state index contributed by atoms with van der Waals surface area (Å²) < 4.78 is 5.83. The molecule has 0 radical (unpaired) electrons. The zero-order chi connectivity index (χ0) is 13.8.